The van der Waals surface area contributed by atoms with Gasteiger partial charge in [0.1, 0.15) is 0 Å². The molecular weight excluding hydrogens is 248 g/mol. The van der Waals surface area contributed by atoms with E-state index in [1.807, 2.05) is 61.1 Å². The van der Waals surface area contributed by atoms with E-state index in [1.165, 1.54) is 0 Å². The molecule has 0 saturated heterocycles. The topological polar surface area (TPSA) is 48.0 Å². The zero-order valence-corrected chi connectivity index (χ0v) is 11.6. The van der Waals surface area contributed by atoms with Crippen molar-refractivity contribution in [2.45, 2.75) is 6.92 Å². The van der Waals surface area contributed by atoms with Gasteiger partial charge in [-0.3, -0.25) is 4.79 Å². The molecule has 3 nitrogen and oxygen atoms in total. The lowest BCUT2D eigenvalue weighted by molar-refractivity contribution is 0.104. The van der Waals surface area contributed by atoms with Crippen LogP contribution in [0.5, 0.6) is 0 Å². The average molecular weight is 264 g/mol. The summed E-state index contributed by atoms with van der Waals surface area (Å²) in [6, 6.07) is 13.4. The van der Waals surface area contributed by atoms with Crippen LogP contribution in [0.25, 0.3) is 10.9 Å². The summed E-state index contributed by atoms with van der Waals surface area (Å²) in [5.41, 5.74) is 9.85. The van der Waals surface area contributed by atoms with Crippen molar-refractivity contribution in [3.8, 4) is 0 Å². The van der Waals surface area contributed by atoms with E-state index in [0.29, 0.717) is 16.8 Å². The Morgan fingerprint density at radius 3 is 2.65 bits per heavy atom. The van der Waals surface area contributed by atoms with Gasteiger partial charge >= 0.3 is 0 Å². The highest BCUT2D eigenvalue weighted by molar-refractivity contribution is 6.16. The van der Waals surface area contributed by atoms with E-state index in [2.05, 4.69) is 0 Å². The van der Waals surface area contributed by atoms with E-state index < -0.39 is 0 Å². The van der Waals surface area contributed by atoms with E-state index in [1.54, 1.807) is 6.07 Å². The monoisotopic (exact) mass is 264 g/mol. The van der Waals surface area contributed by atoms with Gasteiger partial charge in [-0.2, -0.15) is 0 Å². The summed E-state index contributed by atoms with van der Waals surface area (Å²) in [4.78, 5) is 12.7. The van der Waals surface area contributed by atoms with Gasteiger partial charge in [-0.1, -0.05) is 18.2 Å². The van der Waals surface area contributed by atoms with Crippen LogP contribution in [0.3, 0.4) is 0 Å². The van der Waals surface area contributed by atoms with Gasteiger partial charge in [-0.25, -0.2) is 0 Å². The third kappa shape index (κ3) is 1.97. The van der Waals surface area contributed by atoms with E-state index >= 15 is 0 Å². The van der Waals surface area contributed by atoms with Crippen LogP contribution in [0.1, 0.15) is 21.5 Å². The predicted molar refractivity (Wildman–Crippen MR) is 81.9 cm³/mol. The maximum atomic E-state index is 12.7. The van der Waals surface area contributed by atoms with Gasteiger partial charge in [-0.15, -0.1) is 0 Å². The smallest absolute Gasteiger partial charge is 0.195 e. The van der Waals surface area contributed by atoms with Crippen molar-refractivity contribution in [2.75, 3.05) is 5.73 Å². The lowest BCUT2D eigenvalue weighted by atomic mass is 10.0. The molecule has 0 atom stereocenters. The SMILES string of the molecule is Cc1cc(N)cc(C(=O)c2cn(C)c3ccccc23)c1. The molecule has 0 spiro atoms. The summed E-state index contributed by atoms with van der Waals surface area (Å²) in [6.07, 6.45) is 1.88. The summed E-state index contributed by atoms with van der Waals surface area (Å²) in [6.45, 7) is 1.94. The van der Waals surface area contributed by atoms with Crippen LogP contribution in [0, 0.1) is 6.92 Å². The van der Waals surface area contributed by atoms with Crippen molar-refractivity contribution in [3.63, 3.8) is 0 Å². The molecule has 0 aliphatic carbocycles. The molecular formula is C17H16N2O. The number of carbonyl (C=O) groups is 1. The summed E-state index contributed by atoms with van der Waals surface area (Å²) in [5, 5.41) is 0.972. The highest BCUT2D eigenvalue weighted by Gasteiger charge is 2.16. The molecule has 0 aliphatic heterocycles. The Hall–Kier alpha value is -2.55. The van der Waals surface area contributed by atoms with Crippen LogP contribution in [-0.2, 0) is 7.05 Å². The normalized spacial score (nSPS) is 10.9. The van der Waals surface area contributed by atoms with Crippen LogP contribution in [0.4, 0.5) is 5.69 Å². The Bertz CT molecular complexity index is 795. The number of nitrogen functional groups attached to an aromatic ring is 1. The van der Waals surface area contributed by atoms with Crippen LogP contribution in [0.15, 0.2) is 48.7 Å². The Kier molecular flexibility index (Phi) is 2.83. The molecule has 1 aromatic heterocycles. The number of rotatable bonds is 2. The molecule has 2 N–H and O–H groups in total. The van der Waals surface area contributed by atoms with Gasteiger partial charge in [0.25, 0.3) is 0 Å². The zero-order valence-electron chi connectivity index (χ0n) is 11.6. The van der Waals surface area contributed by atoms with Gasteiger partial charge in [0.15, 0.2) is 5.78 Å². The molecule has 1 heterocycles. The number of aryl methyl sites for hydroxylation is 2. The van der Waals surface area contributed by atoms with Crippen LogP contribution in [0.2, 0.25) is 0 Å². The van der Waals surface area contributed by atoms with E-state index in [9.17, 15) is 4.79 Å². The summed E-state index contributed by atoms with van der Waals surface area (Å²) in [7, 11) is 1.95. The van der Waals surface area contributed by atoms with Crippen molar-refractivity contribution >= 4 is 22.4 Å². The number of benzene rings is 2. The largest absolute Gasteiger partial charge is 0.399 e. The van der Waals surface area contributed by atoms with Gasteiger partial charge in [0.05, 0.1) is 0 Å². The third-order valence-corrected chi connectivity index (χ3v) is 3.50. The van der Waals surface area contributed by atoms with Crippen molar-refractivity contribution in [3.05, 3.63) is 65.4 Å². The highest BCUT2D eigenvalue weighted by Crippen LogP contribution is 2.24. The zero-order chi connectivity index (χ0) is 14.3. The predicted octanol–water partition coefficient (Wildman–Crippen LogP) is 3.30. The molecule has 20 heavy (non-hydrogen) atoms. The van der Waals surface area contributed by atoms with Crippen molar-refractivity contribution in [2.24, 2.45) is 7.05 Å². The van der Waals surface area contributed by atoms with Gasteiger partial charge in [0.2, 0.25) is 0 Å². The molecule has 3 rings (SSSR count). The fraction of sp³-hybridized carbons (Fsp3) is 0.118. The first-order chi connectivity index (χ1) is 9.56. The molecule has 3 heteroatoms. The number of nitrogens with two attached hydrogens (primary N) is 1. The molecule has 0 aliphatic rings. The quantitative estimate of drug-likeness (QED) is 0.570. The molecule has 2 aromatic carbocycles. The first-order valence-corrected chi connectivity index (χ1v) is 6.52. The molecule has 0 saturated carbocycles. The highest BCUT2D eigenvalue weighted by atomic mass is 16.1. The Morgan fingerprint density at radius 1 is 1.15 bits per heavy atom. The van der Waals surface area contributed by atoms with E-state index in [-0.39, 0.29) is 5.78 Å². The van der Waals surface area contributed by atoms with E-state index in [0.717, 1.165) is 16.5 Å². The summed E-state index contributed by atoms with van der Waals surface area (Å²) in [5.74, 6) is 0.0113. The van der Waals surface area contributed by atoms with Crippen LogP contribution < -0.4 is 5.73 Å². The van der Waals surface area contributed by atoms with Crippen LogP contribution in [-0.4, -0.2) is 10.4 Å². The lowest BCUT2D eigenvalue weighted by Crippen LogP contribution is -2.02. The molecule has 100 valence electrons. The Balaban J connectivity index is 2.18. The fourth-order valence-electron chi connectivity index (χ4n) is 2.62. The number of aromatic nitrogens is 1. The summed E-state index contributed by atoms with van der Waals surface area (Å²) < 4.78 is 1.97. The van der Waals surface area contributed by atoms with Crippen molar-refractivity contribution in [1.29, 1.82) is 0 Å². The Morgan fingerprint density at radius 2 is 1.90 bits per heavy atom. The van der Waals surface area contributed by atoms with Gasteiger partial charge in [-0.05, 0) is 36.8 Å². The number of hydrogen-bond acceptors (Lipinski definition) is 2. The molecule has 0 bridgehead atoms. The van der Waals surface area contributed by atoms with Crippen LogP contribution >= 0.6 is 0 Å². The molecule has 0 fully saturated rings. The number of fused-ring (bicyclic) bond motifs is 1. The maximum Gasteiger partial charge on any atom is 0.195 e. The summed E-state index contributed by atoms with van der Waals surface area (Å²) >= 11 is 0. The van der Waals surface area contributed by atoms with Crippen molar-refractivity contribution in [1.82, 2.24) is 4.57 Å². The fourth-order valence-corrected chi connectivity index (χ4v) is 2.62. The number of ketones is 1. The average Bonchev–Trinajstić information content (AvgIpc) is 2.75. The second-order valence-corrected chi connectivity index (χ2v) is 5.13. The Labute approximate surface area is 117 Å². The minimum absolute atomic E-state index is 0.0113. The lowest BCUT2D eigenvalue weighted by Gasteiger charge is -2.03. The molecule has 0 radical (unpaired) electrons. The minimum atomic E-state index is 0.0113. The van der Waals surface area contributed by atoms with E-state index in [4.69, 9.17) is 5.73 Å². The molecule has 3 aromatic rings. The van der Waals surface area contributed by atoms with Gasteiger partial charge in [0, 0.05) is 41.0 Å². The standard InChI is InChI=1S/C17H16N2O/c1-11-7-12(9-13(18)8-11)17(20)15-10-19(2)16-6-4-3-5-14(15)16/h3-10H,18H2,1-2H3. The maximum absolute atomic E-state index is 12.7. The number of carbonyl (C=O) groups excluding carboxylic acids is 1. The van der Waals surface area contributed by atoms with Crippen molar-refractivity contribution < 1.29 is 4.79 Å². The van der Waals surface area contributed by atoms with Gasteiger partial charge < -0.3 is 10.3 Å². The molecule has 0 unspecified atom stereocenters. The number of hydrogen-bond donors (Lipinski definition) is 1. The number of nitrogens with zero attached hydrogens (tertiary/aromatic N) is 1. The first kappa shape index (κ1) is 12.5. The number of para-hydroxylation sites is 1. The third-order valence-electron chi connectivity index (χ3n) is 3.50. The second-order valence-electron chi connectivity index (χ2n) is 5.13. The molecule has 0 amide bonds. The first-order valence-electron chi connectivity index (χ1n) is 6.52. The second kappa shape index (κ2) is 4.53. The number of anilines is 1. The minimum Gasteiger partial charge on any atom is -0.399 e.